The number of nitrogens with one attached hydrogen (secondary N) is 1. The molecule has 3 heterocycles. The van der Waals surface area contributed by atoms with Gasteiger partial charge in [0.15, 0.2) is 4.21 Å². The average molecular weight is 326 g/mol. The molecule has 1 N–H and O–H groups in total. The van der Waals surface area contributed by atoms with Crippen molar-refractivity contribution in [1.29, 1.82) is 0 Å². The standard InChI is InChI=1S/C13H18N4O2S2/c1-2-12-14-9-13(20-12)21(18,19)17-8-4-3-5-11(17)10-6-7-15-16-10/h6-7,9,11H,2-5,8H2,1H3,(H,15,16). The molecule has 0 aliphatic carbocycles. The van der Waals surface area contributed by atoms with Crippen LogP contribution in [0.25, 0.3) is 0 Å². The van der Waals surface area contributed by atoms with Crippen LogP contribution in [-0.2, 0) is 16.4 Å². The summed E-state index contributed by atoms with van der Waals surface area (Å²) in [7, 11) is -3.48. The summed E-state index contributed by atoms with van der Waals surface area (Å²) in [5, 5.41) is 7.71. The maximum atomic E-state index is 12.9. The number of sulfonamides is 1. The molecule has 3 rings (SSSR count). The van der Waals surface area contributed by atoms with Gasteiger partial charge in [-0.1, -0.05) is 13.3 Å². The van der Waals surface area contributed by atoms with Crippen molar-refractivity contribution in [2.75, 3.05) is 6.54 Å². The summed E-state index contributed by atoms with van der Waals surface area (Å²) in [6.07, 6.45) is 6.64. The lowest BCUT2D eigenvalue weighted by molar-refractivity contribution is 0.252. The topological polar surface area (TPSA) is 79.0 Å². The Morgan fingerprint density at radius 3 is 3.00 bits per heavy atom. The van der Waals surface area contributed by atoms with Gasteiger partial charge in [-0.25, -0.2) is 13.4 Å². The van der Waals surface area contributed by atoms with E-state index in [1.165, 1.54) is 17.5 Å². The zero-order valence-electron chi connectivity index (χ0n) is 11.8. The van der Waals surface area contributed by atoms with E-state index in [1.807, 2.05) is 13.0 Å². The van der Waals surface area contributed by atoms with Crippen molar-refractivity contribution in [2.45, 2.75) is 42.9 Å². The van der Waals surface area contributed by atoms with Crippen LogP contribution in [0.4, 0.5) is 0 Å². The molecule has 21 heavy (non-hydrogen) atoms. The van der Waals surface area contributed by atoms with Crippen molar-refractivity contribution in [2.24, 2.45) is 0 Å². The Labute approximate surface area is 128 Å². The Balaban J connectivity index is 1.95. The summed E-state index contributed by atoms with van der Waals surface area (Å²) in [5.41, 5.74) is 0.860. The van der Waals surface area contributed by atoms with E-state index >= 15 is 0 Å². The third-order valence-electron chi connectivity index (χ3n) is 3.73. The Hall–Kier alpha value is -1.25. The molecule has 2 aromatic rings. The van der Waals surface area contributed by atoms with Crippen LogP contribution in [-0.4, -0.2) is 34.4 Å². The number of aryl methyl sites for hydroxylation is 1. The second-order valence-electron chi connectivity index (χ2n) is 5.07. The molecule has 6 nitrogen and oxygen atoms in total. The third kappa shape index (κ3) is 2.75. The van der Waals surface area contributed by atoms with E-state index in [9.17, 15) is 8.42 Å². The monoisotopic (exact) mass is 326 g/mol. The van der Waals surface area contributed by atoms with Crippen LogP contribution < -0.4 is 0 Å². The first-order chi connectivity index (χ1) is 10.1. The predicted octanol–water partition coefficient (Wildman–Crippen LogP) is 2.34. The van der Waals surface area contributed by atoms with E-state index in [1.54, 1.807) is 10.5 Å². The fraction of sp³-hybridized carbons (Fsp3) is 0.538. The highest BCUT2D eigenvalue weighted by Gasteiger charge is 2.36. The average Bonchev–Trinajstić information content (AvgIpc) is 3.18. The number of nitrogens with zero attached hydrogens (tertiary/aromatic N) is 3. The van der Waals surface area contributed by atoms with E-state index in [0.717, 1.165) is 36.4 Å². The van der Waals surface area contributed by atoms with Crippen LogP contribution in [0.2, 0.25) is 0 Å². The molecule has 1 aliphatic heterocycles. The Morgan fingerprint density at radius 1 is 1.48 bits per heavy atom. The molecule has 0 radical (unpaired) electrons. The summed E-state index contributed by atoms with van der Waals surface area (Å²) in [5.74, 6) is 0. The van der Waals surface area contributed by atoms with Gasteiger partial charge < -0.3 is 0 Å². The Bertz CT molecular complexity index is 694. The molecule has 0 aromatic carbocycles. The second-order valence-corrected chi connectivity index (χ2v) is 8.30. The molecule has 2 aromatic heterocycles. The molecule has 1 saturated heterocycles. The summed E-state index contributed by atoms with van der Waals surface area (Å²) >= 11 is 1.27. The fourth-order valence-corrected chi connectivity index (χ4v) is 5.57. The van der Waals surface area contributed by atoms with Crippen LogP contribution in [0.5, 0.6) is 0 Å². The first kappa shape index (κ1) is 14.7. The van der Waals surface area contributed by atoms with E-state index in [4.69, 9.17) is 0 Å². The first-order valence-electron chi connectivity index (χ1n) is 7.08. The maximum absolute atomic E-state index is 12.9. The maximum Gasteiger partial charge on any atom is 0.254 e. The number of hydrogen-bond donors (Lipinski definition) is 1. The second kappa shape index (κ2) is 5.86. The quantitative estimate of drug-likeness (QED) is 0.935. The Kier molecular flexibility index (Phi) is 4.10. The zero-order chi connectivity index (χ0) is 14.9. The molecule has 1 atom stereocenters. The van der Waals surface area contributed by atoms with Crippen LogP contribution in [0.15, 0.2) is 22.7 Å². The lowest BCUT2D eigenvalue weighted by atomic mass is 10.0. The highest BCUT2D eigenvalue weighted by Crippen LogP contribution is 2.35. The van der Waals surface area contributed by atoms with Gasteiger partial charge in [0.1, 0.15) is 0 Å². The lowest BCUT2D eigenvalue weighted by Crippen LogP contribution is -2.38. The van der Waals surface area contributed by atoms with Crippen LogP contribution in [0, 0.1) is 0 Å². The van der Waals surface area contributed by atoms with E-state index in [0.29, 0.717) is 10.8 Å². The van der Waals surface area contributed by atoms with Gasteiger partial charge in [0.05, 0.1) is 22.9 Å². The molecule has 0 amide bonds. The van der Waals surface area contributed by atoms with Crippen molar-refractivity contribution >= 4 is 21.4 Å². The van der Waals surface area contributed by atoms with Gasteiger partial charge in [-0.15, -0.1) is 11.3 Å². The summed E-state index contributed by atoms with van der Waals surface area (Å²) in [6.45, 7) is 2.52. The first-order valence-corrected chi connectivity index (χ1v) is 9.34. The molecule has 0 spiro atoms. The minimum absolute atomic E-state index is 0.154. The van der Waals surface area contributed by atoms with Gasteiger partial charge in [-0.05, 0) is 25.3 Å². The van der Waals surface area contributed by atoms with Crippen molar-refractivity contribution in [3.63, 3.8) is 0 Å². The minimum atomic E-state index is -3.48. The predicted molar refractivity (Wildman–Crippen MR) is 80.6 cm³/mol. The highest BCUT2D eigenvalue weighted by atomic mass is 32.2. The molecular weight excluding hydrogens is 308 g/mol. The third-order valence-corrected chi connectivity index (χ3v) is 7.22. The van der Waals surface area contributed by atoms with E-state index in [-0.39, 0.29) is 6.04 Å². The SMILES string of the molecule is CCc1ncc(S(=O)(=O)N2CCCCC2c2ccn[nH]2)s1. The smallest absolute Gasteiger partial charge is 0.254 e. The molecule has 1 fully saturated rings. The molecule has 1 unspecified atom stereocenters. The summed E-state index contributed by atoms with van der Waals surface area (Å²) in [6, 6.07) is 1.70. The Morgan fingerprint density at radius 2 is 2.33 bits per heavy atom. The molecule has 114 valence electrons. The summed E-state index contributed by atoms with van der Waals surface area (Å²) < 4.78 is 27.7. The largest absolute Gasteiger partial charge is 0.281 e. The van der Waals surface area contributed by atoms with Gasteiger partial charge in [-0.2, -0.15) is 9.40 Å². The molecule has 0 saturated carbocycles. The number of hydrogen-bond acceptors (Lipinski definition) is 5. The van der Waals surface area contributed by atoms with E-state index < -0.39 is 10.0 Å². The molecular formula is C13H18N4O2S2. The molecule has 1 aliphatic rings. The van der Waals surface area contributed by atoms with Gasteiger partial charge in [0.25, 0.3) is 10.0 Å². The number of H-pyrrole nitrogens is 1. The van der Waals surface area contributed by atoms with Crippen LogP contribution >= 0.6 is 11.3 Å². The minimum Gasteiger partial charge on any atom is -0.281 e. The zero-order valence-corrected chi connectivity index (χ0v) is 13.5. The van der Waals surface area contributed by atoms with Gasteiger partial charge >= 0.3 is 0 Å². The van der Waals surface area contributed by atoms with Crippen LogP contribution in [0.1, 0.15) is 42.9 Å². The molecule has 0 bridgehead atoms. The van der Waals surface area contributed by atoms with Crippen molar-refractivity contribution in [3.8, 4) is 0 Å². The van der Waals surface area contributed by atoms with Crippen molar-refractivity contribution < 1.29 is 8.42 Å². The normalized spacial score (nSPS) is 20.7. The van der Waals surface area contributed by atoms with Crippen molar-refractivity contribution in [1.82, 2.24) is 19.5 Å². The van der Waals surface area contributed by atoms with E-state index in [2.05, 4.69) is 15.2 Å². The number of aromatic amines is 1. The van der Waals surface area contributed by atoms with Crippen molar-refractivity contribution in [3.05, 3.63) is 29.2 Å². The summed E-state index contributed by atoms with van der Waals surface area (Å²) in [4.78, 5) is 4.18. The number of thiazole rings is 1. The number of piperidine rings is 1. The van der Waals surface area contributed by atoms with Gasteiger partial charge in [-0.3, -0.25) is 5.10 Å². The van der Waals surface area contributed by atoms with Crippen LogP contribution in [0.3, 0.4) is 0 Å². The fourth-order valence-electron chi connectivity index (χ4n) is 2.65. The van der Waals surface area contributed by atoms with Gasteiger partial charge in [0.2, 0.25) is 0 Å². The lowest BCUT2D eigenvalue weighted by Gasteiger charge is -2.33. The molecule has 8 heteroatoms. The number of aromatic nitrogens is 3. The van der Waals surface area contributed by atoms with Gasteiger partial charge in [0, 0.05) is 12.7 Å². The number of rotatable bonds is 4. The highest BCUT2D eigenvalue weighted by molar-refractivity contribution is 7.91.